The topological polar surface area (TPSA) is 119 Å². The van der Waals surface area contributed by atoms with E-state index in [1.165, 1.54) is 31.2 Å². The van der Waals surface area contributed by atoms with Crippen molar-refractivity contribution in [3.8, 4) is 0 Å². The maximum absolute atomic E-state index is 12.3. The molecule has 2 amide bonds. The second-order valence-electron chi connectivity index (χ2n) is 7.25. The largest absolute Gasteiger partial charge is 0.452 e. The zero-order chi connectivity index (χ0) is 20.3. The highest BCUT2D eigenvalue weighted by Crippen LogP contribution is 2.32. The molecule has 1 aromatic rings. The summed E-state index contributed by atoms with van der Waals surface area (Å²) in [4.78, 5) is 48.5. The molecular formula is C19H23N3O6. The Morgan fingerprint density at radius 3 is 2.25 bits per heavy atom. The van der Waals surface area contributed by atoms with Crippen molar-refractivity contribution < 1.29 is 24.0 Å². The average molecular weight is 389 g/mol. The van der Waals surface area contributed by atoms with E-state index >= 15 is 0 Å². The molecule has 1 saturated carbocycles. The van der Waals surface area contributed by atoms with E-state index in [0.717, 1.165) is 12.8 Å². The van der Waals surface area contributed by atoms with Gasteiger partial charge in [0.15, 0.2) is 6.10 Å². The van der Waals surface area contributed by atoms with Crippen molar-refractivity contribution in [2.45, 2.75) is 38.7 Å². The Kier molecular flexibility index (Phi) is 5.91. The van der Waals surface area contributed by atoms with Crippen LogP contribution in [0.15, 0.2) is 24.3 Å². The number of esters is 1. The molecule has 28 heavy (non-hydrogen) atoms. The van der Waals surface area contributed by atoms with Gasteiger partial charge >= 0.3 is 5.97 Å². The minimum absolute atomic E-state index is 0.0796. The SMILES string of the molecule is C[C@@H](OC(=O)C1CCN(C(=O)C2CC2)CC1)C(=O)Nc1ccc([N+](=O)[O-])cc1. The summed E-state index contributed by atoms with van der Waals surface area (Å²) in [5, 5.41) is 13.2. The van der Waals surface area contributed by atoms with Crippen molar-refractivity contribution in [1.29, 1.82) is 0 Å². The van der Waals surface area contributed by atoms with Crippen LogP contribution in [0.25, 0.3) is 0 Å². The predicted octanol–water partition coefficient (Wildman–Crippen LogP) is 2.11. The molecule has 0 aromatic heterocycles. The number of nitrogens with one attached hydrogen (secondary N) is 1. The molecule has 9 heteroatoms. The van der Waals surface area contributed by atoms with Crippen LogP contribution in [0.3, 0.4) is 0 Å². The van der Waals surface area contributed by atoms with E-state index in [9.17, 15) is 24.5 Å². The second-order valence-corrected chi connectivity index (χ2v) is 7.25. The number of nitrogens with zero attached hydrogens (tertiary/aromatic N) is 2. The number of nitro groups is 1. The lowest BCUT2D eigenvalue weighted by atomic mass is 9.96. The molecule has 1 aliphatic carbocycles. The van der Waals surface area contributed by atoms with E-state index in [4.69, 9.17) is 4.74 Å². The predicted molar refractivity (Wildman–Crippen MR) is 99.3 cm³/mol. The van der Waals surface area contributed by atoms with Crippen LogP contribution in [0.2, 0.25) is 0 Å². The Bertz CT molecular complexity index is 766. The summed E-state index contributed by atoms with van der Waals surface area (Å²) in [5.74, 6) is -0.916. The number of carbonyl (C=O) groups is 3. The number of hydrogen-bond acceptors (Lipinski definition) is 6. The third-order valence-electron chi connectivity index (χ3n) is 5.07. The fourth-order valence-corrected chi connectivity index (χ4v) is 3.16. The lowest BCUT2D eigenvalue weighted by Crippen LogP contribution is -2.42. The summed E-state index contributed by atoms with van der Waals surface area (Å²) in [6.07, 6.45) is 2.00. The third kappa shape index (κ3) is 4.85. The molecule has 1 atom stereocenters. The van der Waals surface area contributed by atoms with Crippen molar-refractivity contribution >= 4 is 29.2 Å². The molecule has 0 bridgehead atoms. The first-order valence-electron chi connectivity index (χ1n) is 9.39. The molecule has 2 fully saturated rings. The highest BCUT2D eigenvalue weighted by atomic mass is 16.6. The quantitative estimate of drug-likeness (QED) is 0.452. The summed E-state index contributed by atoms with van der Waals surface area (Å²) >= 11 is 0. The molecule has 0 radical (unpaired) electrons. The van der Waals surface area contributed by atoms with Gasteiger partial charge in [0.05, 0.1) is 10.8 Å². The lowest BCUT2D eigenvalue weighted by Gasteiger charge is -2.31. The molecule has 2 aliphatic rings. The molecule has 1 heterocycles. The number of ether oxygens (including phenoxy) is 1. The number of benzene rings is 1. The number of nitro benzene ring substituents is 1. The highest BCUT2D eigenvalue weighted by molar-refractivity contribution is 5.95. The number of piperidine rings is 1. The maximum Gasteiger partial charge on any atom is 0.309 e. The molecule has 150 valence electrons. The van der Waals surface area contributed by atoms with Crippen LogP contribution in [0.1, 0.15) is 32.6 Å². The Hall–Kier alpha value is -2.97. The minimum atomic E-state index is -0.992. The number of hydrogen-bond donors (Lipinski definition) is 1. The summed E-state index contributed by atoms with van der Waals surface area (Å²) < 4.78 is 5.28. The normalized spacial score (nSPS) is 18.2. The minimum Gasteiger partial charge on any atom is -0.452 e. The number of anilines is 1. The molecule has 9 nitrogen and oxygen atoms in total. The summed E-state index contributed by atoms with van der Waals surface area (Å²) in [6, 6.07) is 5.39. The van der Waals surface area contributed by atoms with E-state index in [1.807, 2.05) is 4.90 Å². The Morgan fingerprint density at radius 1 is 1.11 bits per heavy atom. The van der Waals surface area contributed by atoms with Gasteiger partial charge in [0.1, 0.15) is 0 Å². The second kappa shape index (κ2) is 8.37. The van der Waals surface area contributed by atoms with Gasteiger partial charge in [-0.05, 0) is 44.7 Å². The first kappa shape index (κ1) is 19.8. The highest BCUT2D eigenvalue weighted by Gasteiger charge is 2.36. The van der Waals surface area contributed by atoms with Crippen molar-refractivity contribution in [3.05, 3.63) is 34.4 Å². The smallest absolute Gasteiger partial charge is 0.309 e. The van der Waals surface area contributed by atoms with Gasteiger partial charge < -0.3 is 15.0 Å². The summed E-state index contributed by atoms with van der Waals surface area (Å²) in [7, 11) is 0. The van der Waals surface area contributed by atoms with Gasteiger partial charge in [-0.1, -0.05) is 0 Å². The van der Waals surface area contributed by atoms with E-state index in [0.29, 0.717) is 31.6 Å². The molecule has 1 N–H and O–H groups in total. The third-order valence-corrected chi connectivity index (χ3v) is 5.07. The fraction of sp³-hybridized carbons (Fsp3) is 0.526. The van der Waals surface area contributed by atoms with Crippen molar-refractivity contribution in [2.75, 3.05) is 18.4 Å². The zero-order valence-electron chi connectivity index (χ0n) is 15.6. The standard InChI is InChI=1S/C19H23N3O6/c1-12(17(23)20-15-4-6-16(7-5-15)22(26)27)28-19(25)14-8-10-21(11-9-14)18(24)13-2-3-13/h4-7,12-14H,2-3,8-11H2,1H3,(H,20,23)/t12-/m1/s1. The van der Waals surface area contributed by atoms with Gasteiger partial charge in [0.2, 0.25) is 5.91 Å². The van der Waals surface area contributed by atoms with E-state index in [2.05, 4.69) is 5.32 Å². The summed E-state index contributed by atoms with van der Waals surface area (Å²) in [6.45, 7) is 2.56. The van der Waals surface area contributed by atoms with Crippen LogP contribution in [0.4, 0.5) is 11.4 Å². The molecule has 1 saturated heterocycles. The van der Waals surface area contributed by atoms with Crippen molar-refractivity contribution in [1.82, 2.24) is 4.90 Å². The first-order valence-corrected chi connectivity index (χ1v) is 9.39. The molecule has 3 rings (SSSR count). The molecule has 1 aromatic carbocycles. The summed E-state index contributed by atoms with van der Waals surface area (Å²) in [5.41, 5.74) is 0.300. The molecular weight excluding hydrogens is 366 g/mol. The van der Waals surface area contributed by atoms with Gasteiger partial charge in [-0.15, -0.1) is 0 Å². The van der Waals surface area contributed by atoms with Gasteiger partial charge in [-0.25, -0.2) is 0 Å². The van der Waals surface area contributed by atoms with E-state index in [1.54, 1.807) is 0 Å². The number of non-ortho nitro benzene ring substituents is 1. The van der Waals surface area contributed by atoms with Gasteiger partial charge in [0, 0.05) is 36.8 Å². The van der Waals surface area contributed by atoms with Crippen LogP contribution in [-0.4, -0.2) is 46.8 Å². The Morgan fingerprint density at radius 2 is 1.71 bits per heavy atom. The zero-order valence-corrected chi connectivity index (χ0v) is 15.6. The van der Waals surface area contributed by atoms with Crippen LogP contribution in [-0.2, 0) is 19.1 Å². The van der Waals surface area contributed by atoms with E-state index < -0.39 is 22.9 Å². The first-order chi connectivity index (χ1) is 13.3. The monoisotopic (exact) mass is 389 g/mol. The lowest BCUT2D eigenvalue weighted by molar-refractivity contribution is -0.384. The van der Waals surface area contributed by atoms with Gasteiger partial charge in [0.25, 0.3) is 11.6 Å². The van der Waals surface area contributed by atoms with Crippen LogP contribution in [0.5, 0.6) is 0 Å². The van der Waals surface area contributed by atoms with E-state index in [-0.39, 0.29) is 23.4 Å². The number of carbonyl (C=O) groups excluding carboxylic acids is 3. The maximum atomic E-state index is 12.3. The molecule has 1 aliphatic heterocycles. The van der Waals surface area contributed by atoms with Gasteiger partial charge in [-0.3, -0.25) is 24.5 Å². The fourth-order valence-electron chi connectivity index (χ4n) is 3.16. The Labute approximate surface area is 162 Å². The van der Waals surface area contributed by atoms with Crippen LogP contribution in [0, 0.1) is 22.0 Å². The van der Waals surface area contributed by atoms with Crippen LogP contribution < -0.4 is 5.32 Å². The van der Waals surface area contributed by atoms with Crippen molar-refractivity contribution in [3.63, 3.8) is 0 Å². The Balaban J connectivity index is 1.45. The number of amides is 2. The van der Waals surface area contributed by atoms with Gasteiger partial charge in [-0.2, -0.15) is 0 Å². The molecule has 0 spiro atoms. The average Bonchev–Trinajstić information content (AvgIpc) is 3.53. The number of rotatable bonds is 6. The van der Waals surface area contributed by atoms with Crippen LogP contribution >= 0.6 is 0 Å². The number of likely N-dealkylation sites (tertiary alicyclic amines) is 1. The van der Waals surface area contributed by atoms with Crippen molar-refractivity contribution in [2.24, 2.45) is 11.8 Å². The molecule has 0 unspecified atom stereocenters.